The summed E-state index contributed by atoms with van der Waals surface area (Å²) in [6.45, 7) is 7.47. The molecule has 3 aromatic rings. The van der Waals surface area contributed by atoms with Crippen molar-refractivity contribution in [3.63, 3.8) is 0 Å². The SMILES string of the molecule is COc1ccc(N2C(=O)c3n[nH]c(CC(C)C)c3C2C2CCN(Cc3ccccc3)CC2)cc1. The molecule has 1 amide bonds. The minimum atomic E-state index is 0.00291. The van der Waals surface area contributed by atoms with Crippen molar-refractivity contribution >= 4 is 11.6 Å². The monoisotopic (exact) mass is 458 g/mol. The Morgan fingerprint density at radius 1 is 1.06 bits per heavy atom. The second-order valence-corrected chi connectivity index (χ2v) is 9.98. The van der Waals surface area contributed by atoms with Crippen LogP contribution in [-0.4, -0.2) is 41.2 Å². The summed E-state index contributed by atoms with van der Waals surface area (Å²) in [6, 6.07) is 18.5. The van der Waals surface area contributed by atoms with E-state index >= 15 is 0 Å². The maximum Gasteiger partial charge on any atom is 0.279 e. The Kier molecular flexibility index (Phi) is 6.42. The zero-order chi connectivity index (χ0) is 23.7. The first kappa shape index (κ1) is 22.7. The van der Waals surface area contributed by atoms with E-state index in [9.17, 15) is 4.79 Å². The number of nitrogens with zero attached hydrogens (tertiary/aromatic N) is 3. The number of H-pyrrole nitrogens is 1. The fourth-order valence-corrected chi connectivity index (χ4v) is 5.54. The standard InChI is InChI=1S/C28H34N4O2/c1-19(2)17-24-25-26(30-29-24)28(33)32(22-9-11-23(34-3)12-10-22)27(25)21-13-15-31(16-14-21)18-20-7-5-4-6-8-20/h4-12,19,21,27H,13-18H2,1-3H3,(H,29,30). The average molecular weight is 459 g/mol. The van der Waals surface area contributed by atoms with Gasteiger partial charge in [0.1, 0.15) is 5.75 Å². The summed E-state index contributed by atoms with van der Waals surface area (Å²) in [5, 5.41) is 7.72. The van der Waals surface area contributed by atoms with Crippen LogP contribution in [0.15, 0.2) is 54.6 Å². The maximum absolute atomic E-state index is 13.6. The van der Waals surface area contributed by atoms with E-state index in [1.807, 2.05) is 29.2 Å². The van der Waals surface area contributed by atoms with Crippen molar-refractivity contribution in [3.05, 3.63) is 77.1 Å². The van der Waals surface area contributed by atoms with Gasteiger partial charge in [-0.25, -0.2) is 0 Å². The summed E-state index contributed by atoms with van der Waals surface area (Å²) in [7, 11) is 1.66. The number of likely N-dealkylation sites (tertiary alicyclic amines) is 1. The molecule has 2 aromatic carbocycles. The number of aromatic amines is 1. The number of hydrogen-bond acceptors (Lipinski definition) is 4. The summed E-state index contributed by atoms with van der Waals surface area (Å²) in [4.78, 5) is 18.1. The van der Waals surface area contributed by atoms with Gasteiger partial charge < -0.3 is 4.74 Å². The molecular formula is C28H34N4O2. The number of anilines is 1. The molecule has 178 valence electrons. The van der Waals surface area contributed by atoms with Crippen molar-refractivity contribution in [1.29, 1.82) is 0 Å². The van der Waals surface area contributed by atoms with Gasteiger partial charge in [0.2, 0.25) is 0 Å². The number of carbonyl (C=O) groups excluding carboxylic acids is 1. The number of ether oxygens (including phenoxy) is 1. The zero-order valence-corrected chi connectivity index (χ0v) is 20.3. The van der Waals surface area contributed by atoms with Crippen LogP contribution in [-0.2, 0) is 13.0 Å². The lowest BCUT2D eigenvalue weighted by Gasteiger charge is -2.38. The number of piperidine rings is 1. The predicted molar refractivity (Wildman–Crippen MR) is 134 cm³/mol. The van der Waals surface area contributed by atoms with E-state index in [1.165, 1.54) is 5.56 Å². The molecule has 1 aromatic heterocycles. The normalized spacial score (nSPS) is 19.1. The molecule has 0 aliphatic carbocycles. The predicted octanol–water partition coefficient (Wildman–Crippen LogP) is 5.23. The van der Waals surface area contributed by atoms with Crippen LogP contribution < -0.4 is 9.64 Å². The third-order valence-electron chi connectivity index (χ3n) is 7.17. The number of amides is 1. The summed E-state index contributed by atoms with van der Waals surface area (Å²) in [5.41, 5.74) is 5.11. The second-order valence-electron chi connectivity index (χ2n) is 9.98. The Hall–Kier alpha value is -3.12. The molecule has 0 bridgehead atoms. The van der Waals surface area contributed by atoms with Crippen LogP contribution in [0.25, 0.3) is 0 Å². The highest BCUT2D eigenvalue weighted by Crippen LogP contribution is 2.46. The number of hydrogen-bond donors (Lipinski definition) is 1. The number of fused-ring (bicyclic) bond motifs is 1. The fourth-order valence-electron chi connectivity index (χ4n) is 5.54. The Bertz CT molecular complexity index is 1120. The van der Waals surface area contributed by atoms with E-state index in [-0.39, 0.29) is 11.9 Å². The van der Waals surface area contributed by atoms with E-state index in [2.05, 4.69) is 59.3 Å². The lowest BCUT2D eigenvalue weighted by atomic mass is 9.84. The van der Waals surface area contributed by atoms with E-state index in [1.54, 1.807) is 7.11 Å². The van der Waals surface area contributed by atoms with Crippen LogP contribution in [0.1, 0.15) is 60.0 Å². The summed E-state index contributed by atoms with van der Waals surface area (Å²) in [6.07, 6.45) is 3.02. The number of carbonyl (C=O) groups is 1. The van der Waals surface area contributed by atoms with Crippen molar-refractivity contribution in [2.45, 2.75) is 45.7 Å². The molecular weight excluding hydrogens is 424 g/mol. The average Bonchev–Trinajstić information content (AvgIpc) is 3.38. The van der Waals surface area contributed by atoms with Gasteiger partial charge in [-0.2, -0.15) is 5.10 Å². The Morgan fingerprint density at radius 3 is 2.41 bits per heavy atom. The van der Waals surface area contributed by atoms with Crippen LogP contribution in [0.5, 0.6) is 5.75 Å². The van der Waals surface area contributed by atoms with E-state index in [0.717, 1.165) is 61.6 Å². The molecule has 1 unspecified atom stereocenters. The van der Waals surface area contributed by atoms with Crippen molar-refractivity contribution < 1.29 is 9.53 Å². The highest BCUT2D eigenvalue weighted by molar-refractivity contribution is 6.10. The first-order valence-corrected chi connectivity index (χ1v) is 12.4. The number of aromatic nitrogens is 2. The van der Waals surface area contributed by atoms with Crippen LogP contribution >= 0.6 is 0 Å². The molecule has 5 rings (SSSR count). The number of methoxy groups -OCH3 is 1. The van der Waals surface area contributed by atoms with Crippen LogP contribution in [0.2, 0.25) is 0 Å². The van der Waals surface area contributed by atoms with Gasteiger partial charge in [0.25, 0.3) is 5.91 Å². The minimum Gasteiger partial charge on any atom is -0.497 e. The number of rotatable bonds is 7. The van der Waals surface area contributed by atoms with Gasteiger partial charge in [-0.3, -0.25) is 19.7 Å². The second kappa shape index (κ2) is 9.63. The van der Waals surface area contributed by atoms with E-state index < -0.39 is 0 Å². The summed E-state index contributed by atoms with van der Waals surface area (Å²) >= 11 is 0. The smallest absolute Gasteiger partial charge is 0.279 e. The Morgan fingerprint density at radius 2 is 1.76 bits per heavy atom. The van der Waals surface area contributed by atoms with Crippen LogP contribution in [0, 0.1) is 11.8 Å². The first-order valence-electron chi connectivity index (χ1n) is 12.4. The first-order chi connectivity index (χ1) is 16.5. The molecule has 2 aliphatic rings. The molecule has 3 heterocycles. The molecule has 6 nitrogen and oxygen atoms in total. The highest BCUT2D eigenvalue weighted by Gasteiger charge is 2.46. The van der Waals surface area contributed by atoms with Crippen LogP contribution in [0.4, 0.5) is 5.69 Å². The molecule has 1 atom stereocenters. The van der Waals surface area contributed by atoms with Gasteiger partial charge in [0, 0.05) is 23.5 Å². The van der Waals surface area contributed by atoms with Gasteiger partial charge in [0.05, 0.1) is 13.2 Å². The lowest BCUT2D eigenvalue weighted by molar-refractivity contribution is 0.0967. The van der Waals surface area contributed by atoms with E-state index in [0.29, 0.717) is 17.5 Å². The van der Waals surface area contributed by atoms with Crippen LogP contribution in [0.3, 0.4) is 0 Å². The van der Waals surface area contributed by atoms with Crippen molar-refractivity contribution in [2.24, 2.45) is 11.8 Å². The van der Waals surface area contributed by atoms with Gasteiger partial charge in [0.15, 0.2) is 5.69 Å². The fraction of sp³-hybridized carbons (Fsp3) is 0.429. The third-order valence-corrected chi connectivity index (χ3v) is 7.17. The van der Waals surface area contributed by atoms with Crippen molar-refractivity contribution in [1.82, 2.24) is 15.1 Å². The molecule has 0 saturated carbocycles. The lowest BCUT2D eigenvalue weighted by Crippen LogP contribution is -2.40. The molecule has 0 radical (unpaired) electrons. The van der Waals surface area contributed by atoms with Crippen molar-refractivity contribution in [3.8, 4) is 5.75 Å². The quantitative estimate of drug-likeness (QED) is 0.527. The molecule has 1 fully saturated rings. The topological polar surface area (TPSA) is 61.5 Å². The minimum absolute atomic E-state index is 0.00291. The van der Waals surface area contributed by atoms with Crippen molar-refractivity contribution in [2.75, 3.05) is 25.1 Å². The maximum atomic E-state index is 13.6. The highest BCUT2D eigenvalue weighted by atomic mass is 16.5. The number of benzene rings is 2. The molecule has 6 heteroatoms. The Balaban J connectivity index is 1.42. The largest absolute Gasteiger partial charge is 0.497 e. The molecule has 1 saturated heterocycles. The molecule has 34 heavy (non-hydrogen) atoms. The Labute approximate surface area is 201 Å². The van der Waals surface area contributed by atoms with E-state index in [4.69, 9.17) is 4.74 Å². The number of nitrogens with one attached hydrogen (secondary N) is 1. The summed E-state index contributed by atoms with van der Waals surface area (Å²) in [5.74, 6) is 1.68. The summed E-state index contributed by atoms with van der Waals surface area (Å²) < 4.78 is 5.35. The van der Waals surface area contributed by atoms with Gasteiger partial charge in [-0.1, -0.05) is 44.2 Å². The molecule has 2 aliphatic heterocycles. The molecule has 1 N–H and O–H groups in total. The van der Waals surface area contributed by atoms with Gasteiger partial charge >= 0.3 is 0 Å². The third kappa shape index (κ3) is 4.34. The van der Waals surface area contributed by atoms with Gasteiger partial charge in [-0.15, -0.1) is 0 Å². The van der Waals surface area contributed by atoms with Gasteiger partial charge in [-0.05, 0) is 74.0 Å². The molecule has 0 spiro atoms. The zero-order valence-electron chi connectivity index (χ0n) is 20.3.